The lowest BCUT2D eigenvalue weighted by Crippen LogP contribution is -2.53. The summed E-state index contributed by atoms with van der Waals surface area (Å²) < 4.78 is 0. The van der Waals surface area contributed by atoms with Gasteiger partial charge in [-0.05, 0) is 31.4 Å². The zero-order valence-electron chi connectivity index (χ0n) is 11.4. The topological polar surface area (TPSA) is 75.4 Å². The highest BCUT2D eigenvalue weighted by molar-refractivity contribution is 5.35. The molecule has 5 nitrogen and oxygen atoms in total. The van der Waals surface area contributed by atoms with Gasteiger partial charge in [-0.15, -0.1) is 0 Å². The van der Waals surface area contributed by atoms with Gasteiger partial charge in [0.1, 0.15) is 0 Å². The van der Waals surface area contributed by atoms with Crippen LogP contribution >= 0.6 is 0 Å². The summed E-state index contributed by atoms with van der Waals surface area (Å²) in [4.78, 5) is 10.3. The van der Waals surface area contributed by atoms with Crippen LogP contribution < -0.4 is 5.32 Å². The number of hydrogen-bond donors (Lipinski definition) is 2. The number of nitro benzene ring substituents is 1. The van der Waals surface area contributed by atoms with Crippen LogP contribution in [-0.4, -0.2) is 22.2 Å². The standard InChI is InChI=1S/C15H20N2O3/c18-15-8-2-1-3-13(15)14(16-10-9-15)11-4-6-12(7-5-11)17(19)20/h4-7,13-14,16,18H,1-3,8-10H2/t13-,14-,15-/m0/s1. The molecule has 3 atom stereocenters. The summed E-state index contributed by atoms with van der Waals surface area (Å²) in [7, 11) is 0. The lowest BCUT2D eigenvalue weighted by molar-refractivity contribution is -0.384. The molecule has 3 rings (SSSR count). The first kappa shape index (κ1) is 13.5. The van der Waals surface area contributed by atoms with E-state index >= 15 is 0 Å². The molecule has 0 spiro atoms. The number of nitrogens with one attached hydrogen (secondary N) is 1. The van der Waals surface area contributed by atoms with Gasteiger partial charge >= 0.3 is 0 Å². The molecule has 1 saturated carbocycles. The molecule has 0 aromatic heterocycles. The molecule has 1 saturated heterocycles. The maximum atomic E-state index is 10.8. The van der Waals surface area contributed by atoms with Crippen molar-refractivity contribution in [2.24, 2.45) is 5.92 Å². The first-order valence-corrected chi connectivity index (χ1v) is 7.30. The number of fused-ring (bicyclic) bond motifs is 1. The molecule has 1 aliphatic carbocycles. The van der Waals surface area contributed by atoms with Crippen molar-refractivity contribution in [2.45, 2.75) is 43.7 Å². The average Bonchev–Trinajstić information content (AvgIpc) is 2.46. The second-order valence-corrected chi connectivity index (χ2v) is 5.99. The lowest BCUT2D eigenvalue weighted by atomic mass is 9.67. The number of piperidine rings is 1. The van der Waals surface area contributed by atoms with Crippen LogP contribution in [0, 0.1) is 16.0 Å². The van der Waals surface area contributed by atoms with Crippen LogP contribution in [0.4, 0.5) is 5.69 Å². The molecule has 1 aliphatic heterocycles. The largest absolute Gasteiger partial charge is 0.389 e. The van der Waals surface area contributed by atoms with Crippen molar-refractivity contribution in [1.29, 1.82) is 0 Å². The Morgan fingerprint density at radius 2 is 2.00 bits per heavy atom. The predicted octanol–water partition coefficient (Wildman–Crippen LogP) is 2.55. The van der Waals surface area contributed by atoms with E-state index in [0.717, 1.165) is 44.2 Å². The van der Waals surface area contributed by atoms with Crippen molar-refractivity contribution < 1.29 is 10.0 Å². The van der Waals surface area contributed by atoms with Gasteiger partial charge in [-0.2, -0.15) is 0 Å². The number of benzene rings is 1. The van der Waals surface area contributed by atoms with Crippen LogP contribution in [0.2, 0.25) is 0 Å². The molecule has 1 aromatic rings. The molecular formula is C15H20N2O3. The van der Waals surface area contributed by atoms with Crippen molar-refractivity contribution >= 4 is 5.69 Å². The van der Waals surface area contributed by atoms with E-state index in [1.165, 1.54) is 0 Å². The Bertz CT molecular complexity index is 498. The fourth-order valence-electron chi connectivity index (χ4n) is 3.78. The van der Waals surface area contributed by atoms with Gasteiger partial charge in [-0.3, -0.25) is 10.1 Å². The third-order valence-electron chi connectivity index (χ3n) is 4.85. The quantitative estimate of drug-likeness (QED) is 0.643. The predicted molar refractivity (Wildman–Crippen MR) is 75.4 cm³/mol. The van der Waals surface area contributed by atoms with Crippen molar-refractivity contribution in [3.05, 3.63) is 39.9 Å². The molecule has 20 heavy (non-hydrogen) atoms. The summed E-state index contributed by atoms with van der Waals surface area (Å²) in [6.45, 7) is 0.800. The van der Waals surface area contributed by atoms with Crippen LogP contribution in [-0.2, 0) is 0 Å². The molecule has 2 aliphatic rings. The maximum Gasteiger partial charge on any atom is 0.269 e. The zero-order valence-corrected chi connectivity index (χ0v) is 11.4. The number of nitrogens with zero attached hydrogens (tertiary/aromatic N) is 1. The molecule has 0 bridgehead atoms. The third kappa shape index (κ3) is 2.31. The number of nitro groups is 1. The van der Waals surface area contributed by atoms with E-state index in [1.807, 2.05) is 12.1 Å². The summed E-state index contributed by atoms with van der Waals surface area (Å²) in [5, 5.41) is 25.0. The van der Waals surface area contributed by atoms with Gasteiger partial charge in [0.2, 0.25) is 0 Å². The summed E-state index contributed by atoms with van der Waals surface area (Å²) in [6, 6.07) is 6.84. The van der Waals surface area contributed by atoms with E-state index in [2.05, 4.69) is 5.32 Å². The Hall–Kier alpha value is -1.46. The highest BCUT2D eigenvalue weighted by Gasteiger charge is 2.45. The van der Waals surface area contributed by atoms with Gasteiger partial charge in [0, 0.05) is 24.1 Å². The second kappa shape index (κ2) is 5.14. The molecular weight excluding hydrogens is 256 g/mol. The van der Waals surface area contributed by atoms with E-state index < -0.39 is 5.60 Å². The van der Waals surface area contributed by atoms with Gasteiger partial charge in [0.15, 0.2) is 0 Å². The Kier molecular flexibility index (Phi) is 3.48. The normalized spacial score (nSPS) is 33.5. The molecule has 1 aromatic carbocycles. The van der Waals surface area contributed by atoms with Crippen molar-refractivity contribution in [2.75, 3.05) is 6.54 Å². The molecule has 1 heterocycles. The molecule has 0 amide bonds. The molecule has 5 heteroatoms. The number of hydrogen-bond acceptors (Lipinski definition) is 4. The molecule has 108 valence electrons. The van der Waals surface area contributed by atoms with Gasteiger partial charge in [0.05, 0.1) is 10.5 Å². The monoisotopic (exact) mass is 276 g/mol. The fourth-order valence-corrected chi connectivity index (χ4v) is 3.78. The van der Waals surface area contributed by atoms with E-state index in [9.17, 15) is 15.2 Å². The number of rotatable bonds is 2. The highest BCUT2D eigenvalue weighted by atomic mass is 16.6. The second-order valence-electron chi connectivity index (χ2n) is 5.99. The smallest absolute Gasteiger partial charge is 0.269 e. The van der Waals surface area contributed by atoms with Crippen molar-refractivity contribution in [3.63, 3.8) is 0 Å². The maximum absolute atomic E-state index is 10.8. The molecule has 2 fully saturated rings. The van der Waals surface area contributed by atoms with Crippen LogP contribution in [0.3, 0.4) is 0 Å². The number of aliphatic hydroxyl groups is 1. The van der Waals surface area contributed by atoms with Crippen LogP contribution in [0.1, 0.15) is 43.7 Å². The Balaban J connectivity index is 1.86. The minimum absolute atomic E-state index is 0.106. The van der Waals surface area contributed by atoms with E-state index in [0.29, 0.717) is 0 Å². The van der Waals surface area contributed by atoms with Crippen LogP contribution in [0.25, 0.3) is 0 Å². The van der Waals surface area contributed by atoms with Gasteiger partial charge in [-0.1, -0.05) is 25.0 Å². The Labute approximate surface area is 118 Å². The van der Waals surface area contributed by atoms with Crippen molar-refractivity contribution in [1.82, 2.24) is 5.32 Å². The van der Waals surface area contributed by atoms with Crippen LogP contribution in [0.5, 0.6) is 0 Å². The Morgan fingerprint density at radius 1 is 1.25 bits per heavy atom. The number of non-ortho nitro benzene ring substituents is 1. The first-order valence-electron chi connectivity index (χ1n) is 7.30. The summed E-state index contributed by atoms with van der Waals surface area (Å²) in [6.07, 6.45) is 4.95. The van der Waals surface area contributed by atoms with Crippen LogP contribution in [0.15, 0.2) is 24.3 Å². The van der Waals surface area contributed by atoms with E-state index in [-0.39, 0.29) is 22.6 Å². The van der Waals surface area contributed by atoms with Gasteiger partial charge < -0.3 is 10.4 Å². The summed E-state index contributed by atoms with van der Waals surface area (Å²) >= 11 is 0. The SMILES string of the molecule is O=[N+]([O-])c1ccc([C@@H]2NCC[C@@]3(O)CCCC[C@@H]23)cc1. The first-order chi connectivity index (χ1) is 9.60. The molecule has 2 N–H and O–H groups in total. The van der Waals surface area contributed by atoms with E-state index in [4.69, 9.17) is 0 Å². The molecule has 0 radical (unpaired) electrons. The van der Waals surface area contributed by atoms with Crippen molar-refractivity contribution in [3.8, 4) is 0 Å². The Morgan fingerprint density at radius 3 is 2.70 bits per heavy atom. The van der Waals surface area contributed by atoms with Gasteiger partial charge in [0.25, 0.3) is 5.69 Å². The average molecular weight is 276 g/mol. The minimum atomic E-state index is -0.560. The lowest BCUT2D eigenvalue weighted by Gasteiger charge is -2.48. The van der Waals surface area contributed by atoms with Gasteiger partial charge in [-0.25, -0.2) is 0 Å². The summed E-state index contributed by atoms with van der Waals surface area (Å²) in [5.74, 6) is 0.214. The highest BCUT2D eigenvalue weighted by Crippen LogP contribution is 2.45. The molecule has 0 unspecified atom stereocenters. The van der Waals surface area contributed by atoms with E-state index in [1.54, 1.807) is 12.1 Å². The zero-order chi connectivity index (χ0) is 14.2. The summed E-state index contributed by atoms with van der Waals surface area (Å²) in [5.41, 5.74) is 0.597. The fraction of sp³-hybridized carbons (Fsp3) is 0.600. The minimum Gasteiger partial charge on any atom is -0.389 e. The third-order valence-corrected chi connectivity index (χ3v) is 4.85.